The molecule has 358 valence electrons. The maximum absolute atomic E-state index is 12.8. The fourth-order valence-electron chi connectivity index (χ4n) is 10.3. The summed E-state index contributed by atoms with van der Waals surface area (Å²) in [5.41, 5.74) is 24.9. The lowest BCUT2D eigenvalue weighted by atomic mass is 9.92. The standard InChI is InChI=1S/C65H56N6O2/c1-39-9-21-48(22-10-39)70(49-23-11-40(2)12-24-49)63-56-33-29-52(66-56)61(46-17-19-47(20-18-46)65(72)73-8)53-30-34-57(67-53)64(71(50-25-13-41(3)14-26-50)51-27-15-42(4)16-28-51)59-36-32-55(69-59)62(54-31-35-58(63)68-54)60-44(6)37-43(5)38-45(60)7/h9-38,66,69H,1-8H3. The van der Waals surface area contributed by atoms with Gasteiger partial charge in [-0.05, 0) is 180 Å². The first-order valence-electron chi connectivity index (χ1n) is 24.7. The van der Waals surface area contributed by atoms with Gasteiger partial charge in [-0.25, -0.2) is 14.8 Å². The highest BCUT2D eigenvalue weighted by Gasteiger charge is 2.25. The molecule has 9 aromatic rings. The van der Waals surface area contributed by atoms with Crippen molar-refractivity contribution in [2.45, 2.75) is 48.5 Å². The number of carbonyl (C=O) groups is 1. The Bertz CT molecular complexity index is 3630. The molecule has 0 unspecified atom stereocenters. The molecule has 3 aromatic heterocycles. The number of aromatic amines is 2. The largest absolute Gasteiger partial charge is 0.465 e. The van der Waals surface area contributed by atoms with Crippen LogP contribution in [0.2, 0.25) is 0 Å². The summed E-state index contributed by atoms with van der Waals surface area (Å²) in [5.74, 6) is -0.400. The summed E-state index contributed by atoms with van der Waals surface area (Å²) in [6.07, 6.45) is 8.52. The first kappa shape index (κ1) is 46.4. The second-order valence-corrected chi connectivity index (χ2v) is 19.3. The average molecular weight is 953 g/mol. The van der Waals surface area contributed by atoms with E-state index in [1.807, 2.05) is 24.3 Å². The van der Waals surface area contributed by atoms with Crippen LogP contribution in [0.25, 0.3) is 68.6 Å². The summed E-state index contributed by atoms with van der Waals surface area (Å²) in [4.78, 5) is 36.7. The van der Waals surface area contributed by atoms with Gasteiger partial charge in [0.15, 0.2) is 0 Å². The van der Waals surface area contributed by atoms with E-state index < -0.39 is 5.97 Å². The second-order valence-electron chi connectivity index (χ2n) is 19.3. The Morgan fingerprint density at radius 2 is 0.753 bits per heavy atom. The quantitative estimate of drug-likeness (QED) is 0.140. The highest BCUT2D eigenvalue weighted by molar-refractivity contribution is 6.02. The van der Waals surface area contributed by atoms with E-state index >= 15 is 0 Å². The number of benzene rings is 6. The summed E-state index contributed by atoms with van der Waals surface area (Å²) in [6.45, 7) is 15.0. The van der Waals surface area contributed by atoms with Crippen LogP contribution in [0.15, 0.2) is 158 Å². The molecule has 2 aliphatic heterocycles. The van der Waals surface area contributed by atoms with Crippen LogP contribution in [0.4, 0.5) is 34.1 Å². The molecule has 6 aromatic carbocycles. The first-order valence-corrected chi connectivity index (χ1v) is 24.7. The number of hydrogen-bond acceptors (Lipinski definition) is 6. The number of ether oxygens (including phenoxy) is 1. The topological polar surface area (TPSA) is 90.1 Å². The molecule has 2 aliphatic rings. The zero-order chi connectivity index (χ0) is 50.5. The van der Waals surface area contributed by atoms with Crippen molar-refractivity contribution in [2.24, 2.45) is 0 Å². The molecular formula is C65H56N6O2. The van der Waals surface area contributed by atoms with Crippen molar-refractivity contribution >= 4 is 86.5 Å². The lowest BCUT2D eigenvalue weighted by molar-refractivity contribution is 0.0600. The van der Waals surface area contributed by atoms with Crippen molar-refractivity contribution in [2.75, 3.05) is 16.9 Å². The lowest BCUT2D eigenvalue weighted by Gasteiger charge is -2.26. The molecule has 0 atom stereocenters. The molecule has 0 radical (unpaired) electrons. The Hall–Kier alpha value is -9.01. The molecular weight excluding hydrogens is 897 g/mol. The fourth-order valence-corrected chi connectivity index (χ4v) is 10.3. The third kappa shape index (κ3) is 8.82. The lowest BCUT2D eigenvalue weighted by Crippen LogP contribution is -2.12. The Morgan fingerprint density at radius 3 is 1.15 bits per heavy atom. The van der Waals surface area contributed by atoms with Gasteiger partial charge in [0.1, 0.15) is 0 Å². The van der Waals surface area contributed by atoms with Gasteiger partial charge in [0, 0.05) is 44.9 Å². The molecule has 0 spiro atoms. The number of esters is 1. The number of hydrogen-bond donors (Lipinski definition) is 2. The van der Waals surface area contributed by atoms with Gasteiger partial charge in [-0.2, -0.15) is 0 Å². The number of aromatic nitrogens is 4. The molecule has 8 nitrogen and oxygen atoms in total. The van der Waals surface area contributed by atoms with Crippen molar-refractivity contribution in [1.29, 1.82) is 0 Å². The monoisotopic (exact) mass is 952 g/mol. The minimum atomic E-state index is -0.400. The van der Waals surface area contributed by atoms with E-state index in [1.54, 1.807) is 0 Å². The summed E-state index contributed by atoms with van der Waals surface area (Å²) >= 11 is 0. The maximum atomic E-state index is 12.8. The van der Waals surface area contributed by atoms with Gasteiger partial charge >= 0.3 is 5.97 Å². The SMILES string of the molecule is COC(=O)c1ccc(-c2c3nc(c(N(c4ccc(C)cc4)c4ccc(C)cc4)c4ccc([nH]4)c(-c4c(C)cc(C)cc4C)c4nc(c(N(c5ccc(C)cc5)c5ccc(C)cc5)c5ccc2[nH]5)C=C4)C=C3)cc1. The Kier molecular flexibility index (Phi) is 12.0. The Labute approximate surface area is 426 Å². The Morgan fingerprint density at radius 1 is 0.397 bits per heavy atom. The number of rotatable bonds is 9. The van der Waals surface area contributed by atoms with E-state index in [1.165, 1.54) is 34.9 Å². The van der Waals surface area contributed by atoms with Crippen molar-refractivity contribution < 1.29 is 9.53 Å². The van der Waals surface area contributed by atoms with Gasteiger partial charge in [-0.3, -0.25) is 0 Å². The van der Waals surface area contributed by atoms with E-state index in [2.05, 4.69) is 226 Å². The molecule has 0 saturated heterocycles. The van der Waals surface area contributed by atoms with Crippen LogP contribution in [0, 0.1) is 48.5 Å². The van der Waals surface area contributed by atoms with Crippen molar-refractivity contribution in [3.63, 3.8) is 0 Å². The van der Waals surface area contributed by atoms with Crippen molar-refractivity contribution in [3.8, 4) is 22.3 Å². The molecule has 0 fully saturated rings. The second kappa shape index (κ2) is 19.0. The number of aryl methyl sites for hydroxylation is 7. The zero-order valence-electron chi connectivity index (χ0n) is 42.4. The predicted molar refractivity (Wildman–Crippen MR) is 304 cm³/mol. The highest BCUT2D eigenvalue weighted by atomic mass is 16.5. The van der Waals surface area contributed by atoms with Gasteiger partial charge in [-0.1, -0.05) is 101 Å². The summed E-state index contributed by atoms with van der Waals surface area (Å²) < 4.78 is 5.12. The van der Waals surface area contributed by atoms with E-state index in [-0.39, 0.29) is 0 Å². The molecule has 73 heavy (non-hydrogen) atoms. The molecule has 0 saturated carbocycles. The number of H-pyrrole nitrogens is 2. The first-order chi connectivity index (χ1) is 35.4. The van der Waals surface area contributed by atoms with E-state index in [0.717, 1.165) is 112 Å². The van der Waals surface area contributed by atoms with Crippen LogP contribution in [-0.4, -0.2) is 33.0 Å². The molecule has 2 N–H and O–H groups in total. The number of nitrogens with one attached hydrogen (secondary N) is 2. The molecule has 0 amide bonds. The summed E-state index contributed by atoms with van der Waals surface area (Å²) in [6, 6.07) is 55.3. The van der Waals surface area contributed by atoms with E-state index in [0.29, 0.717) is 5.56 Å². The van der Waals surface area contributed by atoms with Gasteiger partial charge in [0.2, 0.25) is 0 Å². The van der Waals surface area contributed by atoms with Crippen LogP contribution in [-0.2, 0) is 4.74 Å². The van der Waals surface area contributed by atoms with E-state index in [4.69, 9.17) is 14.7 Å². The number of carbonyl (C=O) groups excluding carboxylic acids is 1. The molecule has 0 aliphatic carbocycles. The average Bonchev–Trinajstić information content (AvgIpc) is 4.25. The van der Waals surface area contributed by atoms with Crippen molar-refractivity contribution in [3.05, 3.63) is 225 Å². The number of methoxy groups -OCH3 is 1. The van der Waals surface area contributed by atoms with E-state index in [9.17, 15) is 4.79 Å². The molecule has 8 heteroatoms. The van der Waals surface area contributed by atoms with Crippen LogP contribution in [0.1, 0.15) is 72.1 Å². The predicted octanol–water partition coefficient (Wildman–Crippen LogP) is 16.9. The maximum Gasteiger partial charge on any atom is 0.337 e. The minimum absolute atomic E-state index is 0.400. The number of anilines is 6. The van der Waals surface area contributed by atoms with Crippen LogP contribution in [0.3, 0.4) is 0 Å². The van der Waals surface area contributed by atoms with Crippen LogP contribution < -0.4 is 9.80 Å². The van der Waals surface area contributed by atoms with Gasteiger partial charge in [0.05, 0.1) is 57.9 Å². The normalized spacial score (nSPS) is 11.8. The van der Waals surface area contributed by atoms with Gasteiger partial charge in [0.25, 0.3) is 0 Å². The van der Waals surface area contributed by atoms with Crippen molar-refractivity contribution in [1.82, 2.24) is 19.9 Å². The van der Waals surface area contributed by atoms with Crippen LogP contribution in [0.5, 0.6) is 0 Å². The minimum Gasteiger partial charge on any atom is -0.465 e. The van der Waals surface area contributed by atoms with Crippen LogP contribution >= 0.6 is 0 Å². The number of nitrogens with zero attached hydrogens (tertiary/aromatic N) is 4. The summed E-state index contributed by atoms with van der Waals surface area (Å²) in [7, 11) is 1.40. The molecule has 8 bridgehead atoms. The highest BCUT2D eigenvalue weighted by Crippen LogP contribution is 2.45. The Balaban J connectivity index is 1.33. The molecule has 5 heterocycles. The zero-order valence-corrected chi connectivity index (χ0v) is 42.4. The smallest absolute Gasteiger partial charge is 0.337 e. The third-order valence-electron chi connectivity index (χ3n) is 13.8. The fraction of sp³-hybridized carbons (Fsp3) is 0.123. The third-order valence-corrected chi connectivity index (χ3v) is 13.8. The summed E-state index contributed by atoms with van der Waals surface area (Å²) in [5, 5.41) is 0. The van der Waals surface area contributed by atoms with Gasteiger partial charge in [-0.15, -0.1) is 0 Å². The molecule has 11 rings (SSSR count). The number of fused-ring (bicyclic) bond motifs is 8. The van der Waals surface area contributed by atoms with Gasteiger partial charge < -0.3 is 24.5 Å².